The van der Waals surface area contributed by atoms with Crippen LogP contribution in [-0.4, -0.2) is 88.5 Å². The van der Waals surface area contributed by atoms with Crippen molar-refractivity contribution in [1.82, 2.24) is 31.2 Å². The summed E-state index contributed by atoms with van der Waals surface area (Å²) in [5, 5.41) is 27.7. The molecule has 10 nitrogen and oxygen atoms in total. The second kappa shape index (κ2) is 18.6. The van der Waals surface area contributed by atoms with Crippen molar-refractivity contribution in [1.29, 1.82) is 0 Å². The summed E-state index contributed by atoms with van der Waals surface area (Å²) in [7, 11) is 0. The molecule has 1 aliphatic heterocycles. The molecule has 3 rings (SSSR count). The number of aromatic nitrogens is 2. The van der Waals surface area contributed by atoms with Crippen LogP contribution in [0.4, 0.5) is 23.3 Å². The third-order valence-corrected chi connectivity index (χ3v) is 5.80. The van der Waals surface area contributed by atoms with Crippen LogP contribution in [0.1, 0.15) is 25.7 Å². The first-order chi connectivity index (χ1) is 17.9. The van der Waals surface area contributed by atoms with Gasteiger partial charge in [0.25, 0.3) is 0 Å². The Bertz CT molecular complexity index is 693. The lowest BCUT2D eigenvalue weighted by atomic mass is 10.3. The Morgan fingerprint density at radius 2 is 0.639 bits per heavy atom. The van der Waals surface area contributed by atoms with Gasteiger partial charge in [0, 0.05) is 52.4 Å². The summed E-state index contributed by atoms with van der Waals surface area (Å²) in [5.74, 6) is 3.71. The molecule has 0 saturated carbocycles. The zero-order chi connectivity index (χ0) is 24.9. The minimum atomic E-state index is 0.908. The average Bonchev–Trinajstić information content (AvgIpc) is 2.90. The first kappa shape index (κ1) is 27.9. The van der Waals surface area contributed by atoms with Gasteiger partial charge in [0.05, 0.1) is 0 Å². The van der Waals surface area contributed by atoms with Crippen molar-refractivity contribution in [3.05, 3.63) is 36.4 Å². The summed E-state index contributed by atoms with van der Waals surface area (Å²) in [6.07, 6.45) is 4.24. The van der Waals surface area contributed by atoms with E-state index in [0.717, 1.165) is 127 Å². The highest BCUT2D eigenvalue weighted by Gasteiger charge is 1.99. The molecule has 2 aromatic heterocycles. The van der Waals surface area contributed by atoms with E-state index in [-0.39, 0.29) is 0 Å². The number of fused-ring (bicyclic) bond motifs is 4. The van der Waals surface area contributed by atoms with Gasteiger partial charge in [0.1, 0.15) is 23.3 Å². The van der Waals surface area contributed by atoms with Gasteiger partial charge in [-0.05, 0) is 76.1 Å². The molecule has 2 aromatic rings. The molecule has 4 bridgehead atoms. The first-order valence-electron chi connectivity index (χ1n) is 13.6. The zero-order valence-electron chi connectivity index (χ0n) is 21.7. The molecular weight excluding hydrogens is 452 g/mol. The second-order valence-corrected chi connectivity index (χ2v) is 8.94. The van der Waals surface area contributed by atoms with Gasteiger partial charge >= 0.3 is 0 Å². The maximum Gasteiger partial charge on any atom is 0.128 e. The first-order valence-corrected chi connectivity index (χ1v) is 13.6. The minimum Gasteiger partial charge on any atom is -0.370 e. The predicted octanol–water partition coefficient (Wildman–Crippen LogP) is 1.76. The van der Waals surface area contributed by atoms with Gasteiger partial charge in [0.15, 0.2) is 0 Å². The fourth-order valence-corrected chi connectivity index (χ4v) is 3.84. The van der Waals surface area contributed by atoms with Gasteiger partial charge in [-0.1, -0.05) is 12.1 Å². The van der Waals surface area contributed by atoms with Gasteiger partial charge in [-0.25, -0.2) is 9.97 Å². The average molecular weight is 499 g/mol. The summed E-state index contributed by atoms with van der Waals surface area (Å²) in [4.78, 5) is 9.32. The topological polar surface area (TPSA) is 122 Å². The molecule has 10 heteroatoms. The molecule has 1 aliphatic rings. The SMILES string of the molecule is c1cc2nc(c1)NCCCNCCNCCCNc1cccc(n1)NCCCNCCNCCCN2. The van der Waals surface area contributed by atoms with Crippen LogP contribution >= 0.6 is 0 Å². The standard InChI is InChI=1S/C26H46N10/c1-7-23-31-15-3-11-27-19-21-29-13-5-17-33-25-9-2-10-26(36-25)34-18-6-14-30-22-20-28-12-4-16-32-24(8-1)35-23/h1-2,7-10,27-30H,3-6,11-22H2,(H2,31,32,35)(H2,33,34,36). The molecule has 0 amide bonds. The maximum absolute atomic E-state index is 4.66. The monoisotopic (exact) mass is 498 g/mol. The number of pyridine rings is 2. The molecular formula is C26H46N10. The lowest BCUT2D eigenvalue weighted by Gasteiger charge is -2.11. The van der Waals surface area contributed by atoms with Crippen LogP contribution in [0, 0.1) is 0 Å². The lowest BCUT2D eigenvalue weighted by Crippen LogP contribution is -2.30. The molecule has 0 spiro atoms. The number of anilines is 4. The van der Waals surface area contributed by atoms with E-state index in [0.29, 0.717) is 0 Å². The second-order valence-electron chi connectivity index (χ2n) is 8.94. The molecule has 200 valence electrons. The predicted molar refractivity (Wildman–Crippen MR) is 152 cm³/mol. The maximum atomic E-state index is 4.66. The fraction of sp³-hybridized carbons (Fsp3) is 0.615. The molecule has 36 heavy (non-hydrogen) atoms. The van der Waals surface area contributed by atoms with Crippen molar-refractivity contribution in [3.8, 4) is 0 Å². The van der Waals surface area contributed by atoms with E-state index >= 15 is 0 Å². The Kier molecular flexibility index (Phi) is 14.4. The van der Waals surface area contributed by atoms with Crippen molar-refractivity contribution in [2.75, 3.05) is 99.8 Å². The van der Waals surface area contributed by atoms with Gasteiger partial charge in [-0.2, -0.15) is 0 Å². The minimum absolute atomic E-state index is 0.908. The highest BCUT2D eigenvalue weighted by molar-refractivity contribution is 5.45. The van der Waals surface area contributed by atoms with E-state index in [1.807, 2.05) is 36.4 Å². The molecule has 0 atom stereocenters. The van der Waals surface area contributed by atoms with E-state index in [1.165, 1.54) is 0 Å². The zero-order valence-corrected chi connectivity index (χ0v) is 21.7. The summed E-state index contributed by atoms with van der Waals surface area (Å²) < 4.78 is 0. The fourth-order valence-electron chi connectivity index (χ4n) is 3.84. The summed E-state index contributed by atoms with van der Waals surface area (Å²) in [6.45, 7) is 11.5. The Morgan fingerprint density at radius 1 is 0.361 bits per heavy atom. The molecule has 0 aromatic carbocycles. The number of nitrogens with one attached hydrogen (secondary N) is 8. The van der Waals surface area contributed by atoms with Crippen LogP contribution < -0.4 is 42.5 Å². The van der Waals surface area contributed by atoms with Crippen molar-refractivity contribution >= 4 is 23.3 Å². The normalized spacial score (nSPS) is 18.9. The highest BCUT2D eigenvalue weighted by Crippen LogP contribution is 2.10. The van der Waals surface area contributed by atoms with Gasteiger partial charge in [-0.15, -0.1) is 0 Å². The highest BCUT2D eigenvalue weighted by atomic mass is 15.1. The number of hydrogen-bond acceptors (Lipinski definition) is 10. The van der Waals surface area contributed by atoms with Gasteiger partial charge < -0.3 is 42.5 Å². The summed E-state index contributed by atoms with van der Waals surface area (Å²) in [6, 6.07) is 12.2. The van der Waals surface area contributed by atoms with Crippen molar-refractivity contribution < 1.29 is 0 Å². The van der Waals surface area contributed by atoms with Crippen molar-refractivity contribution in [3.63, 3.8) is 0 Å². The molecule has 0 aliphatic carbocycles. The quantitative estimate of drug-likeness (QED) is 0.273. The van der Waals surface area contributed by atoms with E-state index < -0.39 is 0 Å². The molecule has 0 fully saturated rings. The molecule has 3 heterocycles. The van der Waals surface area contributed by atoms with E-state index in [2.05, 4.69) is 52.5 Å². The van der Waals surface area contributed by atoms with Gasteiger partial charge in [-0.3, -0.25) is 0 Å². The smallest absolute Gasteiger partial charge is 0.128 e. The van der Waals surface area contributed by atoms with Crippen LogP contribution in [0.15, 0.2) is 36.4 Å². The molecule has 0 radical (unpaired) electrons. The van der Waals surface area contributed by atoms with E-state index in [9.17, 15) is 0 Å². The van der Waals surface area contributed by atoms with Crippen molar-refractivity contribution in [2.24, 2.45) is 0 Å². The number of hydrogen-bond donors (Lipinski definition) is 8. The van der Waals surface area contributed by atoms with Crippen LogP contribution in [0.3, 0.4) is 0 Å². The Balaban J connectivity index is 1.36. The Labute approximate surface area is 216 Å². The largest absolute Gasteiger partial charge is 0.370 e. The van der Waals surface area contributed by atoms with E-state index in [4.69, 9.17) is 0 Å². The van der Waals surface area contributed by atoms with Crippen LogP contribution in [0.5, 0.6) is 0 Å². The molecule has 8 N–H and O–H groups in total. The Hall–Kier alpha value is -2.66. The Morgan fingerprint density at radius 3 is 0.917 bits per heavy atom. The van der Waals surface area contributed by atoms with Crippen LogP contribution in [-0.2, 0) is 0 Å². The third kappa shape index (κ3) is 12.9. The molecule has 0 unspecified atom stereocenters. The van der Waals surface area contributed by atoms with Crippen LogP contribution in [0.2, 0.25) is 0 Å². The van der Waals surface area contributed by atoms with E-state index in [1.54, 1.807) is 0 Å². The van der Waals surface area contributed by atoms with Crippen LogP contribution in [0.25, 0.3) is 0 Å². The number of nitrogens with zero attached hydrogens (tertiary/aromatic N) is 2. The van der Waals surface area contributed by atoms with Gasteiger partial charge in [0.2, 0.25) is 0 Å². The summed E-state index contributed by atoms with van der Waals surface area (Å²) >= 11 is 0. The number of rotatable bonds is 0. The van der Waals surface area contributed by atoms with Crippen molar-refractivity contribution in [2.45, 2.75) is 25.7 Å². The lowest BCUT2D eigenvalue weighted by molar-refractivity contribution is 0.594. The molecule has 0 saturated heterocycles. The summed E-state index contributed by atoms with van der Waals surface area (Å²) in [5.41, 5.74) is 0. The third-order valence-electron chi connectivity index (χ3n) is 5.80.